The molecule has 0 aliphatic carbocycles. The lowest BCUT2D eigenvalue weighted by Crippen LogP contribution is -2.49. The van der Waals surface area contributed by atoms with E-state index in [1.54, 1.807) is 17.1 Å². The Balaban J connectivity index is 1.55. The number of carbonyl (C=O) groups is 1. The van der Waals surface area contributed by atoms with Gasteiger partial charge in [-0.2, -0.15) is 10.2 Å². The van der Waals surface area contributed by atoms with Gasteiger partial charge in [-0.3, -0.25) is 9.48 Å². The molecule has 1 fully saturated rings. The zero-order valence-corrected chi connectivity index (χ0v) is 12.0. The Morgan fingerprint density at radius 2 is 2.00 bits per heavy atom. The van der Waals surface area contributed by atoms with E-state index in [1.807, 2.05) is 30.0 Å². The van der Waals surface area contributed by atoms with Crippen molar-refractivity contribution in [1.29, 1.82) is 0 Å². The van der Waals surface area contributed by atoms with Gasteiger partial charge in [-0.1, -0.05) is 0 Å². The Kier molecular flexibility index (Phi) is 3.81. The van der Waals surface area contributed by atoms with Crippen LogP contribution >= 0.6 is 0 Å². The molecule has 1 amide bonds. The number of rotatable bonds is 3. The van der Waals surface area contributed by atoms with E-state index in [2.05, 4.69) is 20.2 Å². The molecule has 0 radical (unpaired) electrons. The van der Waals surface area contributed by atoms with Gasteiger partial charge in [-0.05, 0) is 25.1 Å². The molecule has 2 aromatic heterocycles. The molecule has 3 rings (SSSR count). The highest BCUT2D eigenvalue weighted by atomic mass is 16.2. The van der Waals surface area contributed by atoms with Gasteiger partial charge in [0.05, 0.1) is 5.69 Å². The average molecular weight is 286 g/mol. The van der Waals surface area contributed by atoms with Crippen LogP contribution in [-0.2, 0) is 11.3 Å². The Morgan fingerprint density at radius 1 is 1.19 bits per heavy atom. The highest BCUT2D eigenvalue weighted by Gasteiger charge is 2.22. The van der Waals surface area contributed by atoms with E-state index in [4.69, 9.17) is 0 Å². The monoisotopic (exact) mass is 286 g/mol. The van der Waals surface area contributed by atoms with Crippen LogP contribution in [0.25, 0.3) is 0 Å². The molecule has 2 aromatic rings. The van der Waals surface area contributed by atoms with Crippen molar-refractivity contribution < 1.29 is 4.79 Å². The van der Waals surface area contributed by atoms with Gasteiger partial charge in [-0.15, -0.1) is 5.10 Å². The van der Waals surface area contributed by atoms with Gasteiger partial charge in [0.15, 0.2) is 5.82 Å². The molecular weight excluding hydrogens is 268 g/mol. The minimum Gasteiger partial charge on any atom is -0.352 e. The van der Waals surface area contributed by atoms with E-state index >= 15 is 0 Å². The maximum Gasteiger partial charge on any atom is 0.244 e. The number of nitrogens with zero attached hydrogens (tertiary/aromatic N) is 6. The standard InChI is InChI=1S/C14H18N6O/c1-12-3-4-13(17-16-12)18-7-9-19(10-8-18)14(21)11-20-6-2-5-15-20/h2-6H,7-11H2,1H3. The number of aromatic nitrogens is 4. The van der Waals surface area contributed by atoms with Crippen LogP contribution in [0.3, 0.4) is 0 Å². The van der Waals surface area contributed by atoms with E-state index in [-0.39, 0.29) is 5.91 Å². The number of hydrogen-bond acceptors (Lipinski definition) is 5. The molecule has 0 bridgehead atoms. The summed E-state index contributed by atoms with van der Waals surface area (Å²) in [6, 6.07) is 5.75. The summed E-state index contributed by atoms with van der Waals surface area (Å²) >= 11 is 0. The van der Waals surface area contributed by atoms with E-state index in [0.29, 0.717) is 19.6 Å². The van der Waals surface area contributed by atoms with Crippen LogP contribution in [-0.4, -0.2) is 57.0 Å². The van der Waals surface area contributed by atoms with Gasteiger partial charge in [0.1, 0.15) is 6.54 Å². The van der Waals surface area contributed by atoms with Gasteiger partial charge in [0.2, 0.25) is 5.91 Å². The molecule has 1 aliphatic heterocycles. The van der Waals surface area contributed by atoms with Crippen molar-refractivity contribution in [2.45, 2.75) is 13.5 Å². The zero-order valence-electron chi connectivity index (χ0n) is 12.0. The third kappa shape index (κ3) is 3.18. The first-order chi connectivity index (χ1) is 10.2. The van der Waals surface area contributed by atoms with Crippen molar-refractivity contribution in [1.82, 2.24) is 24.9 Å². The number of aryl methyl sites for hydroxylation is 1. The summed E-state index contributed by atoms with van der Waals surface area (Å²) in [5.74, 6) is 0.980. The van der Waals surface area contributed by atoms with Crippen molar-refractivity contribution >= 4 is 11.7 Å². The molecule has 3 heterocycles. The molecule has 0 spiro atoms. The molecule has 7 nitrogen and oxygen atoms in total. The fraction of sp³-hybridized carbons (Fsp3) is 0.429. The number of hydrogen-bond donors (Lipinski definition) is 0. The molecular formula is C14H18N6O. The van der Waals surface area contributed by atoms with Crippen LogP contribution < -0.4 is 4.90 Å². The normalized spacial score (nSPS) is 15.3. The molecule has 0 unspecified atom stereocenters. The first-order valence-electron chi connectivity index (χ1n) is 7.03. The third-order valence-corrected chi connectivity index (χ3v) is 3.60. The SMILES string of the molecule is Cc1ccc(N2CCN(C(=O)Cn3cccn3)CC2)nn1. The maximum absolute atomic E-state index is 12.2. The number of carbonyl (C=O) groups excluding carboxylic acids is 1. The molecule has 21 heavy (non-hydrogen) atoms. The van der Waals surface area contributed by atoms with Crippen molar-refractivity contribution in [2.24, 2.45) is 0 Å². The summed E-state index contributed by atoms with van der Waals surface area (Å²) < 4.78 is 1.65. The van der Waals surface area contributed by atoms with E-state index in [1.165, 1.54) is 0 Å². The van der Waals surface area contributed by atoms with Gasteiger partial charge in [0.25, 0.3) is 0 Å². The Hall–Kier alpha value is -2.44. The summed E-state index contributed by atoms with van der Waals surface area (Å²) in [5.41, 5.74) is 0.909. The molecule has 0 atom stereocenters. The van der Waals surface area contributed by atoms with Crippen molar-refractivity contribution in [2.75, 3.05) is 31.1 Å². The predicted molar refractivity (Wildman–Crippen MR) is 77.8 cm³/mol. The average Bonchev–Trinajstić information content (AvgIpc) is 3.01. The summed E-state index contributed by atoms with van der Waals surface area (Å²) in [5, 5.41) is 12.3. The fourth-order valence-electron chi connectivity index (χ4n) is 2.38. The third-order valence-electron chi connectivity index (χ3n) is 3.60. The Bertz CT molecular complexity index is 586. The lowest BCUT2D eigenvalue weighted by Gasteiger charge is -2.35. The number of amides is 1. The summed E-state index contributed by atoms with van der Waals surface area (Å²) in [6.07, 6.45) is 3.48. The smallest absolute Gasteiger partial charge is 0.244 e. The molecule has 110 valence electrons. The van der Waals surface area contributed by atoms with Crippen molar-refractivity contribution in [3.8, 4) is 0 Å². The first kappa shape index (κ1) is 13.5. The van der Waals surface area contributed by atoms with Crippen LogP contribution in [0.2, 0.25) is 0 Å². The second-order valence-corrected chi connectivity index (χ2v) is 5.10. The van der Waals surface area contributed by atoms with Gasteiger partial charge < -0.3 is 9.80 Å². The summed E-state index contributed by atoms with van der Waals surface area (Å²) in [4.78, 5) is 16.2. The van der Waals surface area contributed by atoms with Gasteiger partial charge in [0, 0.05) is 38.6 Å². The molecule has 7 heteroatoms. The second kappa shape index (κ2) is 5.90. The van der Waals surface area contributed by atoms with Crippen molar-refractivity contribution in [3.63, 3.8) is 0 Å². The van der Waals surface area contributed by atoms with E-state index in [9.17, 15) is 4.79 Å². The largest absolute Gasteiger partial charge is 0.352 e. The van der Waals surface area contributed by atoms with Crippen molar-refractivity contribution in [3.05, 3.63) is 36.3 Å². The quantitative estimate of drug-likeness (QED) is 0.813. The molecule has 0 aromatic carbocycles. The molecule has 1 saturated heterocycles. The molecule has 1 aliphatic rings. The van der Waals surface area contributed by atoms with Crippen LogP contribution in [0.1, 0.15) is 5.69 Å². The van der Waals surface area contributed by atoms with E-state index in [0.717, 1.165) is 24.6 Å². The second-order valence-electron chi connectivity index (χ2n) is 5.10. The summed E-state index contributed by atoms with van der Waals surface area (Å²) in [7, 11) is 0. The minimum atomic E-state index is 0.105. The topological polar surface area (TPSA) is 67.2 Å². The van der Waals surface area contributed by atoms with Crippen LogP contribution in [0.5, 0.6) is 0 Å². The zero-order chi connectivity index (χ0) is 14.7. The Morgan fingerprint density at radius 3 is 2.62 bits per heavy atom. The minimum absolute atomic E-state index is 0.105. The summed E-state index contributed by atoms with van der Waals surface area (Å²) in [6.45, 7) is 5.19. The molecule has 0 saturated carbocycles. The highest BCUT2D eigenvalue weighted by molar-refractivity contribution is 5.76. The van der Waals surface area contributed by atoms with Gasteiger partial charge >= 0.3 is 0 Å². The maximum atomic E-state index is 12.2. The first-order valence-corrected chi connectivity index (χ1v) is 7.03. The lowest BCUT2D eigenvalue weighted by atomic mass is 10.3. The highest BCUT2D eigenvalue weighted by Crippen LogP contribution is 2.12. The predicted octanol–water partition coefficient (Wildman–Crippen LogP) is 0.330. The van der Waals surface area contributed by atoms with Crippen LogP contribution in [0.15, 0.2) is 30.6 Å². The lowest BCUT2D eigenvalue weighted by molar-refractivity contribution is -0.132. The molecule has 0 N–H and O–H groups in total. The fourth-order valence-corrected chi connectivity index (χ4v) is 2.38. The van der Waals surface area contributed by atoms with E-state index < -0.39 is 0 Å². The Labute approximate surface area is 123 Å². The number of piperazine rings is 1. The van der Waals surface area contributed by atoms with Crippen LogP contribution in [0.4, 0.5) is 5.82 Å². The van der Waals surface area contributed by atoms with Crippen LogP contribution in [0, 0.1) is 6.92 Å². The van der Waals surface area contributed by atoms with Gasteiger partial charge in [-0.25, -0.2) is 0 Å². The number of anilines is 1.